The maximum absolute atomic E-state index is 12.9. The molecule has 0 radical (unpaired) electrons. The number of amides is 1. The minimum absolute atomic E-state index is 0.0124. The number of amidine groups is 1. The average Bonchev–Trinajstić information content (AvgIpc) is 2.74. The number of carbonyl (C=O) groups excluding carboxylic acids is 1. The maximum atomic E-state index is 12.9. The van der Waals surface area contributed by atoms with Gasteiger partial charge in [0.05, 0.1) is 17.8 Å². The van der Waals surface area contributed by atoms with Gasteiger partial charge in [0.15, 0.2) is 11.7 Å². The molecule has 0 aliphatic carbocycles. The summed E-state index contributed by atoms with van der Waals surface area (Å²) in [7, 11) is -2.65. The molecule has 1 amide bonds. The number of rotatable bonds is 8. The highest BCUT2D eigenvalue weighted by Crippen LogP contribution is 2.12. The van der Waals surface area contributed by atoms with Gasteiger partial charge in [-0.1, -0.05) is 24.3 Å². The Morgan fingerprint density at radius 2 is 1.91 bits per heavy atom. The molecule has 2 aromatic rings. The number of aromatic nitrogens is 1. The second-order valence-corrected chi connectivity index (χ2v) is 8.63. The molecular formula is C22H28N6O4S. The van der Waals surface area contributed by atoms with E-state index in [0.717, 1.165) is 5.56 Å². The van der Waals surface area contributed by atoms with Crippen LogP contribution in [-0.2, 0) is 26.1 Å². The molecule has 0 aliphatic heterocycles. The number of sulfonamides is 1. The Morgan fingerprint density at radius 3 is 2.52 bits per heavy atom. The fourth-order valence-electron chi connectivity index (χ4n) is 2.65. The number of pyridine rings is 1. The standard InChI is InChI=1S/C22H28N6O4S/c1-6-24-16(3)25-21(29)14-28-12-11-18(22(23)26-17(4)32-5)13-20(28)27-33(30,31)19-9-7-15(2)8-10-19/h7-13,23-24H,3,6,14H2,1-2,4-5H3,(H,25,29)/b23-22?,26-17-,27-20+. The third kappa shape index (κ3) is 7.42. The minimum atomic E-state index is -4.08. The van der Waals surface area contributed by atoms with E-state index in [0.29, 0.717) is 17.9 Å². The lowest BCUT2D eigenvalue weighted by molar-refractivity contribution is -0.121. The van der Waals surface area contributed by atoms with Crippen LogP contribution in [-0.4, -0.2) is 44.3 Å². The van der Waals surface area contributed by atoms with Crippen molar-refractivity contribution >= 4 is 27.7 Å². The normalized spacial score (nSPS) is 12.2. The maximum Gasteiger partial charge on any atom is 0.284 e. The fourth-order valence-corrected chi connectivity index (χ4v) is 3.64. The van der Waals surface area contributed by atoms with Crippen LogP contribution >= 0.6 is 0 Å². The van der Waals surface area contributed by atoms with Crippen LogP contribution in [0.1, 0.15) is 25.0 Å². The lowest BCUT2D eigenvalue weighted by Crippen LogP contribution is -2.36. The van der Waals surface area contributed by atoms with Crippen LogP contribution in [0.4, 0.5) is 0 Å². The van der Waals surface area contributed by atoms with Crippen LogP contribution in [0, 0.1) is 12.3 Å². The van der Waals surface area contributed by atoms with Gasteiger partial charge in [0.2, 0.25) is 5.91 Å². The van der Waals surface area contributed by atoms with Crippen LogP contribution in [0.25, 0.3) is 0 Å². The molecule has 0 aliphatic rings. The van der Waals surface area contributed by atoms with Gasteiger partial charge in [-0.15, -0.1) is 4.40 Å². The van der Waals surface area contributed by atoms with Crippen molar-refractivity contribution in [2.75, 3.05) is 13.7 Å². The molecule has 0 unspecified atom stereocenters. The molecular weight excluding hydrogens is 444 g/mol. The van der Waals surface area contributed by atoms with E-state index in [9.17, 15) is 13.2 Å². The third-order valence-electron chi connectivity index (χ3n) is 4.38. The topological polar surface area (TPSA) is 138 Å². The average molecular weight is 473 g/mol. The number of nitrogens with one attached hydrogen (secondary N) is 3. The number of nitrogens with zero attached hydrogens (tertiary/aromatic N) is 3. The van der Waals surface area contributed by atoms with Gasteiger partial charge in [-0.3, -0.25) is 10.2 Å². The van der Waals surface area contributed by atoms with Crippen molar-refractivity contribution < 1.29 is 17.9 Å². The van der Waals surface area contributed by atoms with E-state index in [1.54, 1.807) is 25.1 Å². The molecule has 1 aromatic carbocycles. The first-order chi connectivity index (χ1) is 15.6. The summed E-state index contributed by atoms with van der Waals surface area (Å²) in [6.45, 7) is 9.36. The molecule has 176 valence electrons. The van der Waals surface area contributed by atoms with Crippen LogP contribution in [0.3, 0.4) is 0 Å². The van der Waals surface area contributed by atoms with E-state index in [2.05, 4.69) is 26.6 Å². The van der Waals surface area contributed by atoms with Crippen molar-refractivity contribution in [2.45, 2.75) is 32.2 Å². The summed E-state index contributed by atoms with van der Waals surface area (Å²) in [5.41, 5.74) is 1.17. The van der Waals surface area contributed by atoms with Crippen LogP contribution < -0.4 is 16.1 Å². The first-order valence-electron chi connectivity index (χ1n) is 10.0. The zero-order chi connectivity index (χ0) is 24.6. The Kier molecular flexibility index (Phi) is 8.69. The van der Waals surface area contributed by atoms with E-state index in [1.165, 1.54) is 36.1 Å². The Labute approximate surface area is 193 Å². The third-order valence-corrected chi connectivity index (χ3v) is 5.67. The Bertz CT molecular complexity index is 1240. The fraction of sp³-hybridized carbons (Fsp3) is 0.273. The highest BCUT2D eigenvalue weighted by molar-refractivity contribution is 7.90. The quantitative estimate of drug-likeness (QED) is 0.396. The van der Waals surface area contributed by atoms with Gasteiger partial charge in [0.1, 0.15) is 12.0 Å². The Hall–Kier alpha value is -3.73. The molecule has 0 atom stereocenters. The lowest BCUT2D eigenvalue weighted by atomic mass is 10.2. The largest absolute Gasteiger partial charge is 0.484 e. The number of hydrogen-bond donors (Lipinski definition) is 3. The number of methoxy groups -OCH3 is 1. The molecule has 0 spiro atoms. The number of hydrogen-bond acceptors (Lipinski definition) is 6. The van der Waals surface area contributed by atoms with Gasteiger partial charge in [-0.2, -0.15) is 13.4 Å². The Morgan fingerprint density at radius 1 is 1.24 bits per heavy atom. The lowest BCUT2D eigenvalue weighted by Gasteiger charge is -2.12. The zero-order valence-electron chi connectivity index (χ0n) is 19.0. The van der Waals surface area contributed by atoms with Gasteiger partial charge in [0.25, 0.3) is 10.0 Å². The zero-order valence-corrected chi connectivity index (χ0v) is 19.9. The van der Waals surface area contributed by atoms with E-state index < -0.39 is 15.9 Å². The van der Waals surface area contributed by atoms with E-state index in [1.807, 2.05) is 13.8 Å². The second-order valence-electron chi connectivity index (χ2n) is 7.02. The van der Waals surface area contributed by atoms with Crippen molar-refractivity contribution in [1.29, 1.82) is 5.41 Å². The summed E-state index contributed by atoms with van der Waals surface area (Å²) in [4.78, 5) is 16.4. The van der Waals surface area contributed by atoms with E-state index in [4.69, 9.17) is 10.1 Å². The molecule has 33 heavy (non-hydrogen) atoms. The SMILES string of the molecule is C=C(NCC)NC(=O)Cn1ccc(C(=N)/N=C(/C)OC)c/c1=N\S(=O)(=O)c1ccc(C)cc1. The molecule has 1 heterocycles. The van der Waals surface area contributed by atoms with Crippen molar-refractivity contribution in [1.82, 2.24) is 15.2 Å². The molecule has 0 bridgehead atoms. The van der Waals surface area contributed by atoms with Gasteiger partial charge in [0, 0.05) is 25.2 Å². The summed E-state index contributed by atoms with van der Waals surface area (Å²) < 4.78 is 36.1. The molecule has 0 saturated heterocycles. The predicted octanol–water partition coefficient (Wildman–Crippen LogP) is 1.67. The van der Waals surface area contributed by atoms with Gasteiger partial charge in [-0.05, 0) is 38.1 Å². The number of carbonyl (C=O) groups is 1. The molecule has 3 N–H and O–H groups in total. The summed E-state index contributed by atoms with van der Waals surface area (Å²) in [5, 5.41) is 13.6. The van der Waals surface area contributed by atoms with Crippen LogP contribution in [0.5, 0.6) is 0 Å². The van der Waals surface area contributed by atoms with Gasteiger partial charge < -0.3 is 19.9 Å². The molecule has 1 aromatic heterocycles. The molecule has 0 fully saturated rings. The molecule has 2 rings (SSSR count). The molecule has 11 heteroatoms. The first kappa shape index (κ1) is 25.5. The monoisotopic (exact) mass is 472 g/mol. The highest BCUT2D eigenvalue weighted by atomic mass is 32.2. The van der Waals surface area contributed by atoms with Crippen molar-refractivity contribution in [3.63, 3.8) is 0 Å². The molecule has 10 nitrogen and oxygen atoms in total. The van der Waals surface area contributed by atoms with Crippen molar-refractivity contribution in [2.24, 2.45) is 9.39 Å². The number of ether oxygens (including phenoxy) is 1. The molecule has 0 saturated carbocycles. The smallest absolute Gasteiger partial charge is 0.284 e. The van der Waals surface area contributed by atoms with Crippen LogP contribution in [0.15, 0.2) is 69.3 Å². The second kappa shape index (κ2) is 11.2. The number of aliphatic imine (C=N–C) groups is 1. The summed E-state index contributed by atoms with van der Waals surface area (Å²) in [5.74, 6) is 0.0299. The first-order valence-corrected chi connectivity index (χ1v) is 11.5. The summed E-state index contributed by atoms with van der Waals surface area (Å²) in [6.07, 6.45) is 1.47. The van der Waals surface area contributed by atoms with Gasteiger partial charge >= 0.3 is 0 Å². The number of aryl methyl sites for hydroxylation is 1. The summed E-state index contributed by atoms with van der Waals surface area (Å²) >= 11 is 0. The predicted molar refractivity (Wildman–Crippen MR) is 126 cm³/mol. The number of benzene rings is 1. The van der Waals surface area contributed by atoms with Gasteiger partial charge in [-0.25, -0.2) is 0 Å². The van der Waals surface area contributed by atoms with Crippen molar-refractivity contribution in [3.05, 3.63) is 71.6 Å². The van der Waals surface area contributed by atoms with E-state index in [-0.39, 0.29) is 28.7 Å². The minimum Gasteiger partial charge on any atom is -0.484 e. The summed E-state index contributed by atoms with van der Waals surface area (Å²) in [6, 6.07) is 9.19. The van der Waals surface area contributed by atoms with Crippen molar-refractivity contribution in [3.8, 4) is 0 Å². The van der Waals surface area contributed by atoms with E-state index >= 15 is 0 Å². The van der Waals surface area contributed by atoms with Crippen LogP contribution in [0.2, 0.25) is 0 Å². The Balaban J connectivity index is 2.54. The highest BCUT2D eigenvalue weighted by Gasteiger charge is 2.14.